The standard InChI is InChI=1S/C19H24Cl2N4O.ClH/c1-18(2,16-14(20)5-3-6-15(16)21)13-23-17(26)19(7-10-22-11-8-19)25-12-4-9-24-25;/h3-6,9,12,22H,7-8,10-11,13H2,1-2H3,(H,23,26);1H. The molecule has 0 atom stereocenters. The van der Waals surface area contributed by atoms with Gasteiger partial charge in [0.2, 0.25) is 5.91 Å². The lowest BCUT2D eigenvalue weighted by Gasteiger charge is -2.37. The number of piperidine rings is 1. The highest BCUT2D eigenvalue weighted by Gasteiger charge is 2.42. The molecule has 2 heterocycles. The lowest BCUT2D eigenvalue weighted by Crippen LogP contribution is -2.56. The fourth-order valence-corrected chi connectivity index (χ4v) is 4.53. The number of carbonyl (C=O) groups is 1. The summed E-state index contributed by atoms with van der Waals surface area (Å²) in [5, 5.41) is 12.0. The topological polar surface area (TPSA) is 59.0 Å². The summed E-state index contributed by atoms with van der Waals surface area (Å²) in [7, 11) is 0. The molecule has 0 bridgehead atoms. The van der Waals surface area contributed by atoms with E-state index in [2.05, 4.69) is 15.7 Å². The molecule has 8 heteroatoms. The average Bonchev–Trinajstić information content (AvgIpc) is 3.15. The Kier molecular flexibility index (Phi) is 7.20. The molecule has 2 N–H and O–H groups in total. The van der Waals surface area contributed by atoms with Crippen LogP contribution in [0.1, 0.15) is 32.3 Å². The van der Waals surface area contributed by atoms with E-state index < -0.39 is 11.0 Å². The fourth-order valence-electron chi connectivity index (χ4n) is 3.62. The molecule has 2 aromatic rings. The zero-order valence-electron chi connectivity index (χ0n) is 15.5. The van der Waals surface area contributed by atoms with Gasteiger partial charge >= 0.3 is 0 Å². The monoisotopic (exact) mass is 430 g/mol. The first-order chi connectivity index (χ1) is 12.4. The van der Waals surface area contributed by atoms with Crippen LogP contribution in [0.5, 0.6) is 0 Å². The van der Waals surface area contributed by atoms with E-state index in [1.165, 1.54) is 0 Å². The Morgan fingerprint density at radius 3 is 2.44 bits per heavy atom. The number of halogens is 3. The van der Waals surface area contributed by atoms with Gasteiger partial charge in [0, 0.05) is 34.4 Å². The van der Waals surface area contributed by atoms with Gasteiger partial charge in [-0.25, -0.2) is 0 Å². The second kappa shape index (κ2) is 8.82. The maximum Gasteiger partial charge on any atom is 0.248 e. The van der Waals surface area contributed by atoms with E-state index in [0.29, 0.717) is 29.4 Å². The summed E-state index contributed by atoms with van der Waals surface area (Å²) in [6, 6.07) is 7.32. The van der Waals surface area contributed by atoms with E-state index in [4.69, 9.17) is 23.2 Å². The van der Waals surface area contributed by atoms with E-state index in [-0.39, 0.29) is 18.3 Å². The highest BCUT2D eigenvalue weighted by Crippen LogP contribution is 2.35. The zero-order chi connectivity index (χ0) is 18.8. The van der Waals surface area contributed by atoms with Gasteiger partial charge in [-0.05, 0) is 49.7 Å². The number of rotatable bonds is 5. The van der Waals surface area contributed by atoms with Crippen molar-refractivity contribution in [2.24, 2.45) is 0 Å². The molecule has 1 amide bonds. The van der Waals surface area contributed by atoms with Crippen molar-refractivity contribution in [1.29, 1.82) is 0 Å². The molecule has 0 spiro atoms. The average molecular weight is 432 g/mol. The molecular weight excluding hydrogens is 407 g/mol. The van der Waals surface area contributed by atoms with Crippen molar-refractivity contribution in [2.75, 3.05) is 19.6 Å². The van der Waals surface area contributed by atoms with E-state index in [0.717, 1.165) is 18.7 Å². The van der Waals surface area contributed by atoms with Crippen LogP contribution in [0, 0.1) is 0 Å². The number of nitrogens with one attached hydrogen (secondary N) is 2. The Hall–Kier alpha value is -1.27. The predicted octanol–water partition coefficient (Wildman–Crippen LogP) is 3.78. The van der Waals surface area contributed by atoms with Crippen molar-refractivity contribution < 1.29 is 4.79 Å². The van der Waals surface area contributed by atoms with Gasteiger partial charge in [0.25, 0.3) is 0 Å². The molecular formula is C19H25Cl3N4O. The highest BCUT2D eigenvalue weighted by atomic mass is 35.5. The first-order valence-corrected chi connectivity index (χ1v) is 9.56. The molecule has 1 aromatic carbocycles. The molecule has 27 heavy (non-hydrogen) atoms. The molecule has 0 aliphatic carbocycles. The Morgan fingerprint density at radius 2 is 1.89 bits per heavy atom. The predicted molar refractivity (Wildman–Crippen MR) is 112 cm³/mol. The first kappa shape index (κ1) is 22.0. The maximum absolute atomic E-state index is 13.2. The largest absolute Gasteiger partial charge is 0.353 e. The molecule has 148 valence electrons. The second-order valence-corrected chi connectivity index (χ2v) is 8.21. The molecule has 1 saturated heterocycles. The van der Waals surface area contributed by atoms with Crippen molar-refractivity contribution in [3.63, 3.8) is 0 Å². The third kappa shape index (κ3) is 4.43. The zero-order valence-corrected chi connectivity index (χ0v) is 17.8. The highest BCUT2D eigenvalue weighted by molar-refractivity contribution is 6.36. The van der Waals surface area contributed by atoms with Gasteiger partial charge in [0.15, 0.2) is 0 Å². The van der Waals surface area contributed by atoms with Crippen LogP contribution in [0.2, 0.25) is 10.0 Å². The number of hydrogen-bond donors (Lipinski definition) is 2. The molecule has 0 unspecified atom stereocenters. The molecule has 5 nitrogen and oxygen atoms in total. The minimum absolute atomic E-state index is 0. The summed E-state index contributed by atoms with van der Waals surface area (Å²) < 4.78 is 1.79. The van der Waals surface area contributed by atoms with Crippen LogP contribution < -0.4 is 10.6 Å². The normalized spacial score (nSPS) is 16.4. The molecule has 1 aliphatic rings. The van der Waals surface area contributed by atoms with Gasteiger partial charge in [-0.1, -0.05) is 43.1 Å². The summed E-state index contributed by atoms with van der Waals surface area (Å²) in [5.74, 6) is -0.0149. The summed E-state index contributed by atoms with van der Waals surface area (Å²) in [5.41, 5.74) is -0.208. The van der Waals surface area contributed by atoms with E-state index >= 15 is 0 Å². The summed E-state index contributed by atoms with van der Waals surface area (Å²) in [6.45, 7) is 6.07. The third-order valence-corrected chi connectivity index (χ3v) is 5.76. The fraction of sp³-hybridized carbons (Fsp3) is 0.474. The molecule has 1 aliphatic heterocycles. The van der Waals surface area contributed by atoms with E-state index in [1.807, 2.05) is 44.3 Å². The number of aromatic nitrogens is 2. The van der Waals surface area contributed by atoms with Crippen LogP contribution >= 0.6 is 35.6 Å². The van der Waals surface area contributed by atoms with Gasteiger partial charge < -0.3 is 10.6 Å². The second-order valence-electron chi connectivity index (χ2n) is 7.40. The molecule has 0 radical (unpaired) electrons. The van der Waals surface area contributed by atoms with Crippen LogP contribution in [-0.4, -0.2) is 35.3 Å². The number of amides is 1. The van der Waals surface area contributed by atoms with Crippen molar-refractivity contribution in [2.45, 2.75) is 37.6 Å². The Morgan fingerprint density at radius 1 is 1.26 bits per heavy atom. The van der Waals surface area contributed by atoms with Gasteiger partial charge in [0.1, 0.15) is 5.54 Å². The number of benzene rings is 1. The lowest BCUT2D eigenvalue weighted by atomic mass is 9.83. The third-order valence-electron chi connectivity index (χ3n) is 5.13. The van der Waals surface area contributed by atoms with E-state index in [9.17, 15) is 4.79 Å². The summed E-state index contributed by atoms with van der Waals surface area (Å²) in [6.07, 6.45) is 4.98. The lowest BCUT2D eigenvalue weighted by molar-refractivity contribution is -0.132. The van der Waals surface area contributed by atoms with Crippen molar-refractivity contribution in [1.82, 2.24) is 20.4 Å². The van der Waals surface area contributed by atoms with Gasteiger partial charge in [-0.2, -0.15) is 5.10 Å². The van der Waals surface area contributed by atoms with E-state index in [1.54, 1.807) is 10.9 Å². The van der Waals surface area contributed by atoms with Gasteiger partial charge in [-0.15, -0.1) is 12.4 Å². The SMILES string of the molecule is CC(C)(CNC(=O)C1(n2cccn2)CCNCC1)c1c(Cl)cccc1Cl.Cl. The number of hydrogen-bond acceptors (Lipinski definition) is 3. The minimum atomic E-state index is -0.658. The Balaban J connectivity index is 0.00000261. The van der Waals surface area contributed by atoms with Crippen molar-refractivity contribution in [3.8, 4) is 0 Å². The molecule has 0 saturated carbocycles. The maximum atomic E-state index is 13.2. The van der Waals surface area contributed by atoms with Gasteiger partial charge in [-0.3, -0.25) is 9.48 Å². The van der Waals surface area contributed by atoms with Crippen LogP contribution in [0.25, 0.3) is 0 Å². The van der Waals surface area contributed by atoms with Crippen LogP contribution in [0.4, 0.5) is 0 Å². The van der Waals surface area contributed by atoms with Crippen molar-refractivity contribution in [3.05, 3.63) is 52.3 Å². The summed E-state index contributed by atoms with van der Waals surface area (Å²) in [4.78, 5) is 13.2. The number of nitrogens with zero attached hydrogens (tertiary/aromatic N) is 2. The Bertz CT molecular complexity index is 751. The quantitative estimate of drug-likeness (QED) is 0.757. The number of carbonyl (C=O) groups excluding carboxylic acids is 1. The minimum Gasteiger partial charge on any atom is -0.353 e. The molecule has 1 aromatic heterocycles. The summed E-state index contributed by atoms with van der Waals surface area (Å²) >= 11 is 12.7. The van der Waals surface area contributed by atoms with Gasteiger partial charge in [0.05, 0.1) is 0 Å². The Labute approximate surface area is 176 Å². The van der Waals surface area contributed by atoms with Crippen LogP contribution in [0.3, 0.4) is 0 Å². The molecule has 3 rings (SSSR count). The first-order valence-electron chi connectivity index (χ1n) is 8.80. The van der Waals surface area contributed by atoms with Crippen LogP contribution in [0.15, 0.2) is 36.7 Å². The smallest absolute Gasteiger partial charge is 0.248 e. The van der Waals surface area contributed by atoms with Crippen molar-refractivity contribution >= 4 is 41.5 Å². The van der Waals surface area contributed by atoms with Crippen LogP contribution in [-0.2, 0) is 15.7 Å². The molecule has 1 fully saturated rings.